The zero-order valence-electron chi connectivity index (χ0n) is 8.26. The molecule has 2 N–H and O–H groups in total. The van der Waals surface area contributed by atoms with E-state index in [4.69, 9.17) is 9.88 Å². The highest BCUT2D eigenvalue weighted by Gasteiger charge is 2.14. The summed E-state index contributed by atoms with van der Waals surface area (Å²) in [6, 6.07) is 4.35. The van der Waals surface area contributed by atoms with Crippen molar-refractivity contribution in [1.29, 1.82) is 0 Å². The molecular weight excluding hydrogens is 218 g/mol. The Labute approximate surface area is 88.5 Å². The van der Waals surface area contributed by atoms with E-state index < -0.39 is 16.6 Å². The lowest BCUT2D eigenvalue weighted by atomic mass is 10.1. The molecule has 0 saturated heterocycles. The van der Waals surface area contributed by atoms with E-state index in [-0.39, 0.29) is 11.3 Å². The van der Waals surface area contributed by atoms with Crippen molar-refractivity contribution in [3.8, 4) is 5.75 Å². The summed E-state index contributed by atoms with van der Waals surface area (Å²) in [6.07, 6.45) is 0.114. The lowest BCUT2D eigenvalue weighted by molar-refractivity contribution is 0.196. The molecule has 0 fully saturated rings. The predicted molar refractivity (Wildman–Crippen MR) is 53.6 cm³/mol. The van der Waals surface area contributed by atoms with Gasteiger partial charge in [0.1, 0.15) is 5.75 Å². The van der Waals surface area contributed by atoms with Gasteiger partial charge in [0.15, 0.2) is 0 Å². The van der Waals surface area contributed by atoms with E-state index in [0.717, 1.165) is 0 Å². The fourth-order valence-corrected chi connectivity index (χ4v) is 2.05. The maximum atomic E-state index is 11.2. The van der Waals surface area contributed by atoms with Gasteiger partial charge in [0.25, 0.3) is 0 Å². The minimum Gasteiger partial charge on any atom is -0.497 e. The van der Waals surface area contributed by atoms with Crippen LogP contribution in [0.2, 0.25) is 0 Å². The number of nitrogens with two attached hydrogens (primary N) is 1. The van der Waals surface area contributed by atoms with Crippen LogP contribution in [0.1, 0.15) is 5.56 Å². The van der Waals surface area contributed by atoms with Crippen LogP contribution in [0.3, 0.4) is 0 Å². The monoisotopic (exact) mass is 230 g/mol. The molecule has 0 aliphatic heterocycles. The third-order valence-corrected chi connectivity index (χ3v) is 2.96. The van der Waals surface area contributed by atoms with Crippen LogP contribution in [0.4, 0.5) is 0 Å². The maximum Gasteiger partial charge on any atom is 0.238 e. The highest BCUT2D eigenvalue weighted by atomic mass is 32.2. The van der Waals surface area contributed by atoms with Gasteiger partial charge in [-0.2, -0.15) is 0 Å². The minimum absolute atomic E-state index is 0.0147. The van der Waals surface area contributed by atoms with Gasteiger partial charge in [-0.3, -0.25) is 0 Å². The first-order chi connectivity index (χ1) is 6.99. The molecule has 0 aromatic heterocycles. The zero-order chi connectivity index (χ0) is 11.5. The van der Waals surface area contributed by atoms with Crippen LogP contribution in [0.25, 0.3) is 0 Å². The second-order valence-electron chi connectivity index (χ2n) is 2.97. The Morgan fingerprint density at radius 2 is 2.07 bits per heavy atom. The van der Waals surface area contributed by atoms with E-state index in [1.807, 2.05) is 0 Å². The Hall–Kier alpha value is -1.11. The summed E-state index contributed by atoms with van der Waals surface area (Å²) in [5.41, 5.74) is 0.395. The van der Waals surface area contributed by atoms with E-state index in [2.05, 4.69) is 0 Å². The summed E-state index contributed by atoms with van der Waals surface area (Å²) in [5.74, 6) is 0.505. The number of rotatable bonds is 4. The van der Waals surface area contributed by atoms with E-state index in [1.54, 1.807) is 0 Å². The maximum absolute atomic E-state index is 11.2. The van der Waals surface area contributed by atoms with E-state index in [0.29, 0.717) is 11.3 Å². The molecule has 6 heteroatoms. The summed E-state index contributed by atoms with van der Waals surface area (Å²) in [7, 11) is -2.31. The molecule has 0 amide bonds. The van der Waals surface area contributed by atoms with Crippen molar-refractivity contribution >= 4 is 10.0 Å². The normalized spacial score (nSPS) is 11.4. The van der Waals surface area contributed by atoms with Crippen LogP contribution < -0.4 is 9.88 Å². The van der Waals surface area contributed by atoms with Crippen LogP contribution >= 0.6 is 0 Å². The van der Waals surface area contributed by atoms with Gasteiger partial charge in [-0.1, -0.05) is 0 Å². The molecule has 1 rings (SSSR count). The van der Waals surface area contributed by atoms with E-state index in [1.165, 1.54) is 25.3 Å². The van der Waals surface area contributed by atoms with E-state index >= 15 is 0 Å². The Kier molecular flexibility index (Phi) is 3.67. The Morgan fingerprint density at radius 3 is 2.53 bits per heavy atom. The molecule has 5 nitrogen and oxygen atoms in total. The van der Waals surface area contributed by atoms with Gasteiger partial charge >= 0.3 is 0 Å². The smallest absolute Gasteiger partial charge is 0.238 e. The molecule has 83 valence electrons. The lowest BCUT2D eigenvalue weighted by Gasteiger charge is -2.08. The third-order valence-electron chi connectivity index (χ3n) is 1.95. The van der Waals surface area contributed by atoms with Crippen molar-refractivity contribution in [1.82, 2.24) is 0 Å². The van der Waals surface area contributed by atoms with Crippen molar-refractivity contribution in [3.05, 3.63) is 23.8 Å². The Morgan fingerprint density at radius 1 is 1.40 bits per heavy atom. The number of hydrogen-bond acceptors (Lipinski definition) is 3. The molecule has 1 aromatic rings. The summed E-state index contributed by atoms with van der Waals surface area (Å²) in [4.78, 5) is -0.0147. The van der Waals surface area contributed by atoms with Gasteiger partial charge in [0.2, 0.25) is 10.0 Å². The molecule has 0 spiro atoms. The quantitative estimate of drug-likeness (QED) is 0.807. The Balaban J connectivity index is 3.27. The lowest BCUT2D eigenvalue weighted by Crippen LogP contribution is -2.15. The molecular formula is C9H12NO4S. The fraction of sp³-hybridized carbons (Fsp3) is 0.333. The van der Waals surface area contributed by atoms with Crippen molar-refractivity contribution < 1.29 is 18.3 Å². The fourth-order valence-electron chi connectivity index (χ4n) is 1.27. The standard InChI is InChI=1S/C9H12NO4S/c1-14-8-2-3-9(15(10,12)13)7(6-8)4-5-11/h2-3,6H,4-5H2,1H3,(H2,10,12,13). The largest absolute Gasteiger partial charge is 0.497 e. The van der Waals surface area contributed by atoms with Crippen LogP contribution in [0.15, 0.2) is 23.1 Å². The second-order valence-corrected chi connectivity index (χ2v) is 4.50. The van der Waals surface area contributed by atoms with E-state index in [9.17, 15) is 13.5 Å². The second kappa shape index (κ2) is 4.61. The average molecular weight is 230 g/mol. The average Bonchev–Trinajstić information content (AvgIpc) is 2.16. The van der Waals surface area contributed by atoms with Crippen LogP contribution in [-0.2, 0) is 21.6 Å². The van der Waals surface area contributed by atoms with Gasteiger partial charge in [0, 0.05) is 6.42 Å². The van der Waals surface area contributed by atoms with Crippen LogP contribution in [0, 0.1) is 0 Å². The first kappa shape index (κ1) is 12.0. The van der Waals surface area contributed by atoms with Gasteiger partial charge in [-0.05, 0) is 23.8 Å². The van der Waals surface area contributed by atoms with Gasteiger partial charge in [-0.25, -0.2) is 18.7 Å². The van der Waals surface area contributed by atoms with Crippen LogP contribution in [0.5, 0.6) is 5.75 Å². The first-order valence-corrected chi connectivity index (χ1v) is 5.81. The Bertz CT molecular complexity index is 441. The predicted octanol–water partition coefficient (Wildman–Crippen LogP) is 0.316. The van der Waals surface area contributed by atoms with Gasteiger partial charge in [-0.15, -0.1) is 0 Å². The van der Waals surface area contributed by atoms with Crippen molar-refractivity contribution in [3.63, 3.8) is 0 Å². The summed E-state index contributed by atoms with van der Waals surface area (Å²) >= 11 is 0. The number of sulfonamides is 1. The molecule has 0 heterocycles. The van der Waals surface area contributed by atoms with Crippen molar-refractivity contribution in [2.45, 2.75) is 11.3 Å². The SMILES string of the molecule is COc1ccc(S(N)(=O)=O)c(CC[O])c1. The molecule has 1 radical (unpaired) electrons. The van der Waals surface area contributed by atoms with Crippen molar-refractivity contribution in [2.24, 2.45) is 5.14 Å². The van der Waals surface area contributed by atoms with Gasteiger partial charge in [0.05, 0.1) is 18.6 Å². The highest BCUT2D eigenvalue weighted by Crippen LogP contribution is 2.21. The molecule has 0 saturated carbocycles. The molecule has 0 aliphatic rings. The van der Waals surface area contributed by atoms with Crippen LogP contribution in [-0.4, -0.2) is 22.1 Å². The molecule has 0 bridgehead atoms. The highest BCUT2D eigenvalue weighted by molar-refractivity contribution is 7.89. The molecule has 0 aliphatic carbocycles. The number of ether oxygens (including phenoxy) is 1. The summed E-state index contributed by atoms with van der Waals surface area (Å²) in [5, 5.41) is 15.5. The minimum atomic E-state index is -3.78. The molecule has 1 aromatic carbocycles. The number of hydrogen-bond donors (Lipinski definition) is 1. The zero-order valence-corrected chi connectivity index (χ0v) is 9.08. The molecule has 15 heavy (non-hydrogen) atoms. The number of primary sulfonamides is 1. The summed E-state index contributed by atoms with van der Waals surface area (Å²) < 4.78 is 27.3. The molecule has 0 unspecified atom stereocenters. The number of methoxy groups -OCH3 is 1. The third kappa shape index (κ3) is 2.92. The van der Waals surface area contributed by atoms with Crippen molar-refractivity contribution in [2.75, 3.05) is 13.7 Å². The summed E-state index contributed by atoms with van der Waals surface area (Å²) in [6.45, 7) is -0.393. The van der Waals surface area contributed by atoms with Gasteiger partial charge < -0.3 is 4.74 Å². The topological polar surface area (TPSA) is 89.3 Å². The first-order valence-electron chi connectivity index (χ1n) is 4.27. The number of benzene rings is 1. The molecule has 0 atom stereocenters.